The molecule has 0 bridgehead atoms. The lowest BCUT2D eigenvalue weighted by Gasteiger charge is -2.25. The summed E-state index contributed by atoms with van der Waals surface area (Å²) in [6.45, 7) is 1.16. The number of carbonyl (C=O) groups excluding carboxylic acids is 3. The number of benzene rings is 1. The molecule has 4 amide bonds. The second kappa shape index (κ2) is 10.2. The molecule has 7 nitrogen and oxygen atoms in total. The number of halogens is 3. The molecule has 1 fully saturated rings. The summed E-state index contributed by atoms with van der Waals surface area (Å²) in [4.78, 5) is 37.5. The Labute approximate surface area is 167 Å². The fraction of sp³-hybridized carbons (Fsp3) is 0.526. The van der Waals surface area contributed by atoms with Crippen LogP contribution in [0.25, 0.3) is 0 Å². The maximum Gasteiger partial charge on any atom is 0.321 e. The second-order valence-corrected chi connectivity index (χ2v) is 7.16. The van der Waals surface area contributed by atoms with E-state index >= 15 is 0 Å². The minimum absolute atomic E-state index is 0.0429. The summed E-state index contributed by atoms with van der Waals surface area (Å²) in [6.07, 6.45) is 4.95. The van der Waals surface area contributed by atoms with E-state index in [1.165, 1.54) is 18.9 Å². The molecule has 1 atom stereocenters. The van der Waals surface area contributed by atoms with Gasteiger partial charge in [0.05, 0.1) is 18.3 Å². The lowest BCUT2D eigenvalue weighted by molar-refractivity contribution is -0.125. The van der Waals surface area contributed by atoms with E-state index in [1.807, 2.05) is 0 Å². The first-order valence-electron chi connectivity index (χ1n) is 9.44. The first-order valence-corrected chi connectivity index (χ1v) is 9.44. The lowest BCUT2D eigenvalue weighted by Crippen LogP contribution is -2.51. The van der Waals surface area contributed by atoms with Crippen LogP contribution < -0.4 is 16.0 Å². The van der Waals surface area contributed by atoms with Crippen LogP contribution in [0.2, 0.25) is 0 Å². The average molecular weight is 414 g/mol. The molecule has 0 heterocycles. The summed E-state index contributed by atoms with van der Waals surface area (Å²) < 4.78 is 39.8. The Morgan fingerprint density at radius 1 is 1.10 bits per heavy atom. The van der Waals surface area contributed by atoms with E-state index in [1.54, 1.807) is 0 Å². The molecule has 0 unspecified atom stereocenters. The number of imide groups is 1. The molecular weight excluding hydrogens is 389 g/mol. The molecule has 3 N–H and O–H groups in total. The van der Waals surface area contributed by atoms with E-state index in [9.17, 15) is 27.6 Å². The van der Waals surface area contributed by atoms with Crippen LogP contribution in [0.15, 0.2) is 12.1 Å². The van der Waals surface area contributed by atoms with E-state index in [2.05, 4.69) is 16.0 Å². The SMILES string of the molecule is C[C@@H](C(=O)NC(=O)NC1CCCCC1)N(C)CC(=O)Nc1ccc(F)c(F)c1F. The molecule has 0 aliphatic heterocycles. The summed E-state index contributed by atoms with van der Waals surface area (Å²) in [7, 11) is 1.46. The van der Waals surface area contributed by atoms with Gasteiger partial charge in [0.1, 0.15) is 0 Å². The molecule has 1 aromatic carbocycles. The number of urea groups is 1. The van der Waals surface area contributed by atoms with Gasteiger partial charge in [-0.25, -0.2) is 18.0 Å². The van der Waals surface area contributed by atoms with Crippen LogP contribution in [0.1, 0.15) is 39.0 Å². The van der Waals surface area contributed by atoms with Gasteiger partial charge in [-0.15, -0.1) is 0 Å². The zero-order valence-corrected chi connectivity index (χ0v) is 16.4. The average Bonchev–Trinajstić information content (AvgIpc) is 2.68. The van der Waals surface area contributed by atoms with E-state index in [0.717, 1.165) is 38.2 Å². The summed E-state index contributed by atoms with van der Waals surface area (Å²) in [5.41, 5.74) is -0.508. The van der Waals surface area contributed by atoms with Gasteiger partial charge in [-0.2, -0.15) is 0 Å². The van der Waals surface area contributed by atoms with Gasteiger partial charge in [-0.05, 0) is 38.9 Å². The molecule has 1 saturated carbocycles. The van der Waals surface area contributed by atoms with Crippen molar-refractivity contribution in [2.75, 3.05) is 18.9 Å². The molecule has 1 aromatic rings. The number of hydrogen-bond donors (Lipinski definition) is 3. The van der Waals surface area contributed by atoms with Crippen LogP contribution >= 0.6 is 0 Å². The smallest absolute Gasteiger partial charge is 0.321 e. The molecule has 2 rings (SSSR count). The molecule has 1 aliphatic carbocycles. The van der Waals surface area contributed by atoms with E-state index in [4.69, 9.17) is 0 Å². The summed E-state index contributed by atoms with van der Waals surface area (Å²) in [5.74, 6) is -5.90. The number of nitrogens with zero attached hydrogens (tertiary/aromatic N) is 1. The predicted molar refractivity (Wildman–Crippen MR) is 101 cm³/mol. The largest absolute Gasteiger partial charge is 0.335 e. The van der Waals surface area contributed by atoms with Gasteiger partial charge < -0.3 is 10.6 Å². The van der Waals surface area contributed by atoms with Gasteiger partial charge in [0.2, 0.25) is 11.8 Å². The van der Waals surface area contributed by atoms with Crippen LogP contribution in [-0.2, 0) is 9.59 Å². The van der Waals surface area contributed by atoms with Gasteiger partial charge >= 0.3 is 6.03 Å². The van der Waals surface area contributed by atoms with Gasteiger partial charge in [0.25, 0.3) is 0 Å². The molecule has 160 valence electrons. The van der Waals surface area contributed by atoms with Crippen LogP contribution in [-0.4, -0.2) is 48.4 Å². The first-order chi connectivity index (χ1) is 13.7. The predicted octanol–water partition coefficient (Wildman–Crippen LogP) is 2.52. The minimum Gasteiger partial charge on any atom is -0.335 e. The minimum atomic E-state index is -1.69. The van der Waals surface area contributed by atoms with Gasteiger partial charge in [-0.3, -0.25) is 19.8 Å². The van der Waals surface area contributed by atoms with E-state index < -0.39 is 47.0 Å². The molecule has 0 saturated heterocycles. The summed E-state index contributed by atoms with van der Waals surface area (Å²) in [6, 6.07) is 0.209. The number of likely N-dealkylation sites (N-methyl/N-ethyl adjacent to an activating group) is 1. The molecule has 0 radical (unpaired) electrons. The van der Waals surface area contributed by atoms with E-state index in [0.29, 0.717) is 6.07 Å². The summed E-state index contributed by atoms with van der Waals surface area (Å²) >= 11 is 0. The third-order valence-electron chi connectivity index (χ3n) is 4.92. The third kappa shape index (κ3) is 6.45. The standard InChI is InChI=1S/C19H25F3N4O3/c1-11(18(28)25-19(29)23-12-6-4-3-5-7-12)26(2)10-15(27)24-14-9-8-13(20)16(21)17(14)22/h8-9,11-12H,3-7,10H2,1-2H3,(H,24,27)(H2,23,25,28,29)/t11-/m0/s1. The monoisotopic (exact) mass is 414 g/mol. The molecule has 10 heteroatoms. The Hall–Kier alpha value is -2.62. The Balaban J connectivity index is 1.83. The number of carbonyl (C=O) groups is 3. The third-order valence-corrected chi connectivity index (χ3v) is 4.92. The van der Waals surface area contributed by atoms with Crippen molar-refractivity contribution in [3.05, 3.63) is 29.6 Å². The van der Waals surface area contributed by atoms with Crippen LogP contribution in [0, 0.1) is 17.5 Å². The fourth-order valence-electron chi connectivity index (χ4n) is 3.06. The fourth-order valence-corrected chi connectivity index (χ4v) is 3.06. The van der Waals surface area contributed by atoms with Crippen molar-refractivity contribution in [1.29, 1.82) is 0 Å². The van der Waals surface area contributed by atoms with Crippen molar-refractivity contribution < 1.29 is 27.6 Å². The zero-order valence-electron chi connectivity index (χ0n) is 16.4. The Morgan fingerprint density at radius 3 is 2.41 bits per heavy atom. The van der Waals surface area contributed by atoms with Crippen molar-refractivity contribution in [3.8, 4) is 0 Å². The van der Waals surface area contributed by atoms with Crippen molar-refractivity contribution in [3.63, 3.8) is 0 Å². The number of nitrogens with one attached hydrogen (secondary N) is 3. The molecule has 1 aliphatic rings. The normalized spacial score (nSPS) is 15.7. The quantitative estimate of drug-likeness (QED) is 0.624. The molecule has 0 aromatic heterocycles. The second-order valence-electron chi connectivity index (χ2n) is 7.16. The number of rotatable bonds is 6. The lowest BCUT2D eigenvalue weighted by atomic mass is 9.96. The maximum atomic E-state index is 13.6. The van der Waals surface area contributed by atoms with Crippen LogP contribution in [0.3, 0.4) is 0 Å². The topological polar surface area (TPSA) is 90.5 Å². The Kier molecular flexibility index (Phi) is 8.00. The van der Waals surface area contributed by atoms with Crippen LogP contribution in [0.5, 0.6) is 0 Å². The number of anilines is 1. The Bertz CT molecular complexity index is 769. The Morgan fingerprint density at radius 2 is 1.76 bits per heavy atom. The first kappa shape index (κ1) is 22.7. The van der Waals surface area contributed by atoms with Crippen molar-refractivity contribution in [2.45, 2.75) is 51.1 Å². The van der Waals surface area contributed by atoms with Gasteiger partial charge in [-0.1, -0.05) is 19.3 Å². The highest BCUT2D eigenvalue weighted by Gasteiger charge is 2.24. The highest BCUT2D eigenvalue weighted by molar-refractivity contribution is 5.97. The highest BCUT2D eigenvalue weighted by atomic mass is 19.2. The zero-order chi connectivity index (χ0) is 21.6. The van der Waals surface area contributed by atoms with Crippen molar-refractivity contribution >= 4 is 23.5 Å². The highest BCUT2D eigenvalue weighted by Crippen LogP contribution is 2.19. The maximum absolute atomic E-state index is 13.6. The van der Waals surface area contributed by atoms with Crippen LogP contribution in [0.4, 0.5) is 23.7 Å². The van der Waals surface area contributed by atoms with Crippen molar-refractivity contribution in [2.24, 2.45) is 0 Å². The molecule has 0 spiro atoms. The van der Waals surface area contributed by atoms with Gasteiger partial charge in [0.15, 0.2) is 17.5 Å². The van der Waals surface area contributed by atoms with Gasteiger partial charge in [0, 0.05) is 6.04 Å². The van der Waals surface area contributed by atoms with Crippen molar-refractivity contribution in [1.82, 2.24) is 15.5 Å². The summed E-state index contributed by atoms with van der Waals surface area (Å²) in [5, 5.41) is 7.12. The number of hydrogen-bond acceptors (Lipinski definition) is 4. The molecule has 29 heavy (non-hydrogen) atoms. The number of amides is 4. The molecular formula is C19H25F3N4O3. The van der Waals surface area contributed by atoms with E-state index in [-0.39, 0.29) is 12.6 Å².